The Hall–Kier alpha value is -1.72. The molecule has 0 radical (unpaired) electrons. The van der Waals surface area contributed by atoms with E-state index >= 15 is 0 Å². The summed E-state index contributed by atoms with van der Waals surface area (Å²) in [7, 11) is -3.58. The van der Waals surface area contributed by atoms with E-state index in [-0.39, 0.29) is 4.90 Å². The fraction of sp³-hybridized carbons (Fsp3) is 0.250. The predicted octanol–water partition coefficient (Wildman–Crippen LogP) is 3.74. The van der Waals surface area contributed by atoms with Crippen LogP contribution >= 0.6 is 11.6 Å². The number of nitrogens with one attached hydrogen (secondary N) is 1. The standard InChI is InChI=1S/C16H17ClN2O2S/c17-13-3-9-16(10-4-13)22(20,21)18-14-5-7-15(8-6-14)19-11-1-2-12-19/h3-10,18H,1-2,11-12H2. The highest BCUT2D eigenvalue weighted by atomic mass is 35.5. The van der Waals surface area contributed by atoms with Crippen LogP contribution in [0.2, 0.25) is 5.02 Å². The Bertz CT molecular complexity index is 737. The van der Waals surface area contributed by atoms with Crippen LogP contribution in [0.4, 0.5) is 11.4 Å². The number of hydrogen-bond acceptors (Lipinski definition) is 3. The number of nitrogens with zero attached hydrogens (tertiary/aromatic N) is 1. The van der Waals surface area contributed by atoms with Crippen molar-refractivity contribution in [3.8, 4) is 0 Å². The van der Waals surface area contributed by atoms with Crippen molar-refractivity contribution in [3.05, 3.63) is 53.6 Å². The average molecular weight is 337 g/mol. The summed E-state index contributed by atoms with van der Waals surface area (Å²) < 4.78 is 27.2. The number of halogens is 1. The molecular formula is C16H17ClN2O2S. The summed E-state index contributed by atoms with van der Waals surface area (Å²) in [6, 6.07) is 13.6. The summed E-state index contributed by atoms with van der Waals surface area (Å²) in [5, 5.41) is 0.508. The lowest BCUT2D eigenvalue weighted by Crippen LogP contribution is -2.17. The molecule has 0 saturated carbocycles. The van der Waals surface area contributed by atoms with Gasteiger partial charge in [0.15, 0.2) is 0 Å². The Balaban J connectivity index is 1.75. The van der Waals surface area contributed by atoms with Gasteiger partial charge in [-0.25, -0.2) is 8.42 Å². The molecule has 1 fully saturated rings. The zero-order valence-electron chi connectivity index (χ0n) is 12.0. The minimum Gasteiger partial charge on any atom is -0.372 e. The minimum atomic E-state index is -3.58. The predicted molar refractivity (Wildman–Crippen MR) is 90.1 cm³/mol. The van der Waals surface area contributed by atoms with E-state index in [1.165, 1.54) is 25.0 Å². The Morgan fingerprint density at radius 2 is 1.50 bits per heavy atom. The van der Waals surface area contributed by atoms with E-state index in [0.29, 0.717) is 10.7 Å². The molecule has 116 valence electrons. The number of hydrogen-bond donors (Lipinski definition) is 1. The molecule has 2 aromatic rings. The van der Waals surface area contributed by atoms with Crippen molar-refractivity contribution in [2.75, 3.05) is 22.7 Å². The third kappa shape index (κ3) is 3.36. The van der Waals surface area contributed by atoms with Crippen LogP contribution in [0, 0.1) is 0 Å². The SMILES string of the molecule is O=S(=O)(Nc1ccc(N2CCCC2)cc1)c1ccc(Cl)cc1. The highest BCUT2D eigenvalue weighted by molar-refractivity contribution is 7.92. The van der Waals surface area contributed by atoms with Crippen LogP contribution in [0.5, 0.6) is 0 Å². The van der Waals surface area contributed by atoms with Gasteiger partial charge in [0.1, 0.15) is 0 Å². The highest BCUT2D eigenvalue weighted by Crippen LogP contribution is 2.24. The summed E-state index contributed by atoms with van der Waals surface area (Å²) >= 11 is 5.78. The van der Waals surface area contributed by atoms with Crippen molar-refractivity contribution in [2.45, 2.75) is 17.7 Å². The van der Waals surface area contributed by atoms with E-state index in [9.17, 15) is 8.42 Å². The van der Waals surface area contributed by atoms with Crippen LogP contribution in [-0.2, 0) is 10.0 Å². The Morgan fingerprint density at radius 1 is 0.909 bits per heavy atom. The zero-order valence-corrected chi connectivity index (χ0v) is 13.6. The molecule has 0 aromatic heterocycles. The lowest BCUT2D eigenvalue weighted by atomic mass is 10.2. The molecule has 0 bridgehead atoms. The number of rotatable bonds is 4. The molecule has 1 N–H and O–H groups in total. The Morgan fingerprint density at radius 3 is 2.09 bits per heavy atom. The van der Waals surface area contributed by atoms with Crippen LogP contribution in [-0.4, -0.2) is 21.5 Å². The van der Waals surface area contributed by atoms with Crippen molar-refractivity contribution in [1.82, 2.24) is 0 Å². The van der Waals surface area contributed by atoms with Crippen molar-refractivity contribution in [1.29, 1.82) is 0 Å². The fourth-order valence-electron chi connectivity index (χ4n) is 2.54. The molecule has 1 saturated heterocycles. The first kappa shape index (κ1) is 15.2. The monoisotopic (exact) mass is 336 g/mol. The molecule has 0 atom stereocenters. The average Bonchev–Trinajstić information content (AvgIpc) is 3.02. The quantitative estimate of drug-likeness (QED) is 0.925. The molecule has 3 rings (SSSR count). The third-order valence-electron chi connectivity index (χ3n) is 3.71. The van der Waals surface area contributed by atoms with Gasteiger partial charge in [-0.1, -0.05) is 11.6 Å². The zero-order chi connectivity index (χ0) is 15.6. The van der Waals surface area contributed by atoms with Gasteiger partial charge in [0, 0.05) is 29.5 Å². The fourth-order valence-corrected chi connectivity index (χ4v) is 3.73. The molecule has 0 aliphatic carbocycles. The topological polar surface area (TPSA) is 49.4 Å². The molecule has 1 aliphatic rings. The molecule has 1 aliphatic heterocycles. The van der Waals surface area contributed by atoms with Gasteiger partial charge >= 0.3 is 0 Å². The molecule has 22 heavy (non-hydrogen) atoms. The molecule has 0 unspecified atom stereocenters. The second-order valence-electron chi connectivity index (χ2n) is 5.30. The second kappa shape index (κ2) is 6.18. The first-order valence-corrected chi connectivity index (χ1v) is 9.04. The van der Waals surface area contributed by atoms with Crippen LogP contribution < -0.4 is 9.62 Å². The molecule has 1 heterocycles. The van der Waals surface area contributed by atoms with Crippen LogP contribution in [0.3, 0.4) is 0 Å². The van der Waals surface area contributed by atoms with Crippen LogP contribution in [0.1, 0.15) is 12.8 Å². The lowest BCUT2D eigenvalue weighted by Gasteiger charge is -2.18. The van der Waals surface area contributed by atoms with Crippen LogP contribution in [0.25, 0.3) is 0 Å². The number of benzene rings is 2. The van der Waals surface area contributed by atoms with E-state index in [0.717, 1.165) is 18.8 Å². The van der Waals surface area contributed by atoms with Crippen molar-refractivity contribution in [3.63, 3.8) is 0 Å². The Kier molecular flexibility index (Phi) is 4.27. The molecule has 0 spiro atoms. The molecule has 2 aromatic carbocycles. The van der Waals surface area contributed by atoms with E-state index in [1.807, 2.05) is 12.1 Å². The smallest absolute Gasteiger partial charge is 0.261 e. The molecule has 0 amide bonds. The van der Waals surface area contributed by atoms with Gasteiger partial charge in [-0.15, -0.1) is 0 Å². The van der Waals surface area contributed by atoms with Gasteiger partial charge in [0.25, 0.3) is 10.0 Å². The molecule has 4 nitrogen and oxygen atoms in total. The third-order valence-corrected chi connectivity index (χ3v) is 5.36. The maximum atomic E-state index is 12.3. The maximum absolute atomic E-state index is 12.3. The normalized spacial score (nSPS) is 15.0. The second-order valence-corrected chi connectivity index (χ2v) is 7.42. The van der Waals surface area contributed by atoms with Gasteiger partial charge in [-0.05, 0) is 61.4 Å². The number of sulfonamides is 1. The summed E-state index contributed by atoms with van der Waals surface area (Å²) in [4.78, 5) is 2.50. The number of anilines is 2. The van der Waals surface area contributed by atoms with E-state index < -0.39 is 10.0 Å². The van der Waals surface area contributed by atoms with Crippen molar-refractivity contribution in [2.24, 2.45) is 0 Å². The molecular weight excluding hydrogens is 320 g/mol. The first-order chi connectivity index (χ1) is 10.5. The summed E-state index contributed by atoms with van der Waals surface area (Å²) in [5.74, 6) is 0. The Labute approximate surface area is 135 Å². The summed E-state index contributed by atoms with van der Waals surface area (Å²) in [6.45, 7) is 2.13. The largest absolute Gasteiger partial charge is 0.372 e. The van der Waals surface area contributed by atoms with Gasteiger partial charge in [0.2, 0.25) is 0 Å². The summed E-state index contributed by atoms with van der Waals surface area (Å²) in [6.07, 6.45) is 2.43. The lowest BCUT2D eigenvalue weighted by molar-refractivity contribution is 0.601. The van der Waals surface area contributed by atoms with Gasteiger partial charge in [-0.2, -0.15) is 0 Å². The van der Waals surface area contributed by atoms with Crippen molar-refractivity contribution < 1.29 is 8.42 Å². The van der Waals surface area contributed by atoms with E-state index in [2.05, 4.69) is 9.62 Å². The summed E-state index contributed by atoms with van der Waals surface area (Å²) in [5.41, 5.74) is 1.69. The van der Waals surface area contributed by atoms with Gasteiger partial charge in [-0.3, -0.25) is 4.72 Å². The van der Waals surface area contributed by atoms with Gasteiger partial charge in [0.05, 0.1) is 4.90 Å². The first-order valence-electron chi connectivity index (χ1n) is 7.18. The van der Waals surface area contributed by atoms with E-state index in [1.54, 1.807) is 24.3 Å². The minimum absolute atomic E-state index is 0.195. The maximum Gasteiger partial charge on any atom is 0.261 e. The van der Waals surface area contributed by atoms with Crippen molar-refractivity contribution >= 4 is 33.0 Å². The van der Waals surface area contributed by atoms with Gasteiger partial charge < -0.3 is 4.90 Å². The molecule has 6 heteroatoms. The van der Waals surface area contributed by atoms with Crippen LogP contribution in [0.15, 0.2) is 53.4 Å². The highest BCUT2D eigenvalue weighted by Gasteiger charge is 2.15. The van der Waals surface area contributed by atoms with E-state index in [4.69, 9.17) is 11.6 Å².